The van der Waals surface area contributed by atoms with Crippen molar-refractivity contribution in [3.05, 3.63) is 95.6 Å². The summed E-state index contributed by atoms with van der Waals surface area (Å²) in [6.45, 7) is 8.33. The fourth-order valence-electron chi connectivity index (χ4n) is 4.77. The highest BCUT2D eigenvalue weighted by Crippen LogP contribution is 2.30. The van der Waals surface area contributed by atoms with Crippen LogP contribution in [0.15, 0.2) is 78.9 Å². The van der Waals surface area contributed by atoms with E-state index in [0.29, 0.717) is 26.1 Å². The lowest BCUT2D eigenvalue weighted by molar-refractivity contribution is -0.133. The summed E-state index contributed by atoms with van der Waals surface area (Å²) in [5.74, 6) is 1.72. The third-order valence-corrected chi connectivity index (χ3v) is 6.50. The minimum absolute atomic E-state index is 0.204. The van der Waals surface area contributed by atoms with Gasteiger partial charge in [-0.2, -0.15) is 0 Å². The molecule has 0 radical (unpaired) electrons. The molecule has 0 spiro atoms. The molecule has 5 nitrogen and oxygen atoms in total. The lowest BCUT2D eigenvalue weighted by atomic mass is 9.96. The van der Waals surface area contributed by atoms with E-state index in [9.17, 15) is 4.79 Å². The summed E-state index contributed by atoms with van der Waals surface area (Å²) in [6.07, 6.45) is 1.20. The second-order valence-electron chi connectivity index (χ2n) is 8.79. The number of amides is 1. The summed E-state index contributed by atoms with van der Waals surface area (Å²) < 4.78 is 11.4. The van der Waals surface area contributed by atoms with E-state index < -0.39 is 0 Å². The van der Waals surface area contributed by atoms with Crippen molar-refractivity contribution in [3.63, 3.8) is 0 Å². The van der Waals surface area contributed by atoms with Gasteiger partial charge in [0.25, 0.3) is 0 Å². The molecule has 35 heavy (non-hydrogen) atoms. The number of ether oxygens (including phenoxy) is 2. The van der Waals surface area contributed by atoms with Crippen LogP contribution < -0.4 is 9.47 Å². The average Bonchev–Trinajstić information content (AvgIpc) is 2.91. The Kier molecular flexibility index (Phi) is 8.79. The Labute approximate surface area is 209 Å². The number of aryl methyl sites for hydroxylation is 1. The van der Waals surface area contributed by atoms with Crippen LogP contribution in [-0.4, -0.2) is 55.1 Å². The first kappa shape index (κ1) is 24.8. The Morgan fingerprint density at radius 2 is 1.34 bits per heavy atom. The van der Waals surface area contributed by atoms with E-state index in [-0.39, 0.29) is 11.9 Å². The Morgan fingerprint density at radius 3 is 1.91 bits per heavy atom. The zero-order chi connectivity index (χ0) is 24.5. The molecule has 0 unspecified atom stereocenters. The molecule has 0 aromatic heterocycles. The summed E-state index contributed by atoms with van der Waals surface area (Å²) in [5.41, 5.74) is 3.68. The fourth-order valence-corrected chi connectivity index (χ4v) is 4.77. The van der Waals surface area contributed by atoms with Gasteiger partial charge in [0.2, 0.25) is 5.91 Å². The quantitative estimate of drug-likeness (QED) is 0.399. The van der Waals surface area contributed by atoms with Gasteiger partial charge in [-0.15, -0.1) is 0 Å². The number of hydrogen-bond donors (Lipinski definition) is 0. The Hall–Kier alpha value is -3.31. The third-order valence-electron chi connectivity index (χ3n) is 6.50. The smallest absolute Gasteiger partial charge is 0.222 e. The third kappa shape index (κ3) is 6.43. The Balaban J connectivity index is 1.36. The van der Waals surface area contributed by atoms with Crippen LogP contribution in [0.25, 0.3) is 0 Å². The van der Waals surface area contributed by atoms with Crippen LogP contribution in [0.4, 0.5) is 0 Å². The van der Waals surface area contributed by atoms with Crippen molar-refractivity contribution in [2.75, 3.05) is 39.4 Å². The maximum Gasteiger partial charge on any atom is 0.222 e. The predicted molar refractivity (Wildman–Crippen MR) is 140 cm³/mol. The van der Waals surface area contributed by atoms with Crippen molar-refractivity contribution in [3.8, 4) is 11.5 Å². The van der Waals surface area contributed by atoms with Gasteiger partial charge in [-0.1, -0.05) is 66.7 Å². The van der Waals surface area contributed by atoms with Crippen LogP contribution in [0.2, 0.25) is 0 Å². The van der Waals surface area contributed by atoms with E-state index in [1.807, 2.05) is 36.9 Å². The normalized spacial score (nSPS) is 14.2. The maximum absolute atomic E-state index is 13.0. The molecule has 0 saturated carbocycles. The van der Waals surface area contributed by atoms with Crippen molar-refractivity contribution in [1.29, 1.82) is 0 Å². The molecular formula is C30H36N2O3. The molecule has 1 aliphatic heterocycles. The highest BCUT2D eigenvalue weighted by atomic mass is 16.5. The highest BCUT2D eigenvalue weighted by molar-refractivity contribution is 5.76. The molecule has 3 aromatic rings. The van der Waals surface area contributed by atoms with E-state index >= 15 is 0 Å². The van der Waals surface area contributed by atoms with Crippen molar-refractivity contribution < 1.29 is 14.3 Å². The molecule has 3 aromatic carbocycles. The zero-order valence-electron chi connectivity index (χ0n) is 20.9. The Bertz CT molecular complexity index is 1020. The molecule has 0 aliphatic carbocycles. The van der Waals surface area contributed by atoms with E-state index in [0.717, 1.165) is 43.2 Å². The van der Waals surface area contributed by atoms with Crippen LogP contribution >= 0.6 is 0 Å². The molecule has 184 valence electrons. The summed E-state index contributed by atoms with van der Waals surface area (Å²) in [6, 6.07) is 27.5. The number of rotatable bonds is 10. The van der Waals surface area contributed by atoms with Gasteiger partial charge in [0.1, 0.15) is 0 Å². The largest absolute Gasteiger partial charge is 0.490 e. The summed E-state index contributed by atoms with van der Waals surface area (Å²) >= 11 is 0. The lowest BCUT2D eigenvalue weighted by Crippen LogP contribution is -2.49. The summed E-state index contributed by atoms with van der Waals surface area (Å²) in [7, 11) is 0. The molecule has 1 saturated heterocycles. The molecule has 1 aliphatic rings. The standard InChI is InChI=1S/C30H36N2O3/c1-3-34-27-17-15-24(23-28(27)35-4-2)16-18-29(33)31-19-21-32(22-20-31)30(25-11-7-5-8-12-25)26-13-9-6-10-14-26/h5-15,17,23,30H,3-4,16,18-22H2,1-2H3. The minimum atomic E-state index is 0.204. The lowest BCUT2D eigenvalue weighted by Gasteiger charge is -2.40. The van der Waals surface area contributed by atoms with Gasteiger partial charge in [0.15, 0.2) is 11.5 Å². The van der Waals surface area contributed by atoms with E-state index in [1.54, 1.807) is 0 Å². The molecule has 0 N–H and O–H groups in total. The van der Waals surface area contributed by atoms with Gasteiger partial charge in [0.05, 0.1) is 19.3 Å². The molecule has 1 heterocycles. The van der Waals surface area contributed by atoms with Crippen molar-refractivity contribution in [2.24, 2.45) is 0 Å². The zero-order valence-corrected chi connectivity index (χ0v) is 20.9. The van der Waals surface area contributed by atoms with Crippen LogP contribution in [-0.2, 0) is 11.2 Å². The van der Waals surface area contributed by atoms with E-state index in [1.165, 1.54) is 11.1 Å². The van der Waals surface area contributed by atoms with Crippen molar-refractivity contribution in [2.45, 2.75) is 32.7 Å². The summed E-state index contributed by atoms with van der Waals surface area (Å²) in [4.78, 5) is 17.5. The number of hydrogen-bond acceptors (Lipinski definition) is 4. The number of nitrogens with zero attached hydrogens (tertiary/aromatic N) is 2. The minimum Gasteiger partial charge on any atom is -0.490 e. The summed E-state index contributed by atoms with van der Waals surface area (Å²) in [5, 5.41) is 0. The first-order chi connectivity index (χ1) is 17.2. The molecule has 1 fully saturated rings. The van der Waals surface area contributed by atoms with E-state index in [4.69, 9.17) is 9.47 Å². The van der Waals surface area contributed by atoms with Gasteiger partial charge in [-0.3, -0.25) is 9.69 Å². The number of piperazine rings is 1. The molecule has 1 amide bonds. The van der Waals surface area contributed by atoms with Crippen molar-refractivity contribution in [1.82, 2.24) is 9.80 Å². The van der Waals surface area contributed by atoms with Crippen LogP contribution in [0.5, 0.6) is 11.5 Å². The second kappa shape index (κ2) is 12.4. The topological polar surface area (TPSA) is 42.0 Å². The molecule has 0 atom stereocenters. The molecule has 0 bridgehead atoms. The predicted octanol–water partition coefficient (Wildman–Crippen LogP) is 5.35. The van der Waals surface area contributed by atoms with Gasteiger partial charge in [-0.05, 0) is 49.1 Å². The first-order valence-corrected chi connectivity index (χ1v) is 12.7. The fraction of sp³-hybridized carbons (Fsp3) is 0.367. The van der Waals surface area contributed by atoms with Gasteiger partial charge < -0.3 is 14.4 Å². The average molecular weight is 473 g/mol. The van der Waals surface area contributed by atoms with E-state index in [2.05, 4.69) is 65.6 Å². The number of benzene rings is 3. The van der Waals surface area contributed by atoms with Gasteiger partial charge in [0, 0.05) is 32.6 Å². The molecular weight excluding hydrogens is 436 g/mol. The highest BCUT2D eigenvalue weighted by Gasteiger charge is 2.28. The Morgan fingerprint density at radius 1 is 0.771 bits per heavy atom. The maximum atomic E-state index is 13.0. The van der Waals surface area contributed by atoms with Crippen LogP contribution in [0.3, 0.4) is 0 Å². The van der Waals surface area contributed by atoms with Crippen LogP contribution in [0, 0.1) is 0 Å². The SMILES string of the molecule is CCOc1ccc(CCC(=O)N2CCN(C(c3ccccc3)c3ccccc3)CC2)cc1OCC. The number of carbonyl (C=O) groups excluding carboxylic acids is 1. The van der Waals surface area contributed by atoms with Gasteiger partial charge >= 0.3 is 0 Å². The molecule has 4 rings (SSSR count). The van der Waals surface area contributed by atoms with Gasteiger partial charge in [-0.25, -0.2) is 0 Å². The first-order valence-electron chi connectivity index (χ1n) is 12.7. The monoisotopic (exact) mass is 472 g/mol. The van der Waals surface area contributed by atoms with Crippen LogP contribution in [0.1, 0.15) is 43.0 Å². The molecule has 5 heteroatoms. The number of carbonyl (C=O) groups is 1. The van der Waals surface area contributed by atoms with Crippen molar-refractivity contribution >= 4 is 5.91 Å². The second-order valence-corrected chi connectivity index (χ2v) is 8.79.